The van der Waals surface area contributed by atoms with Gasteiger partial charge in [0, 0.05) is 12.8 Å². The summed E-state index contributed by atoms with van der Waals surface area (Å²) in [5.41, 5.74) is 0.596. The minimum Gasteiger partial charge on any atom is -0.449 e. The number of hydrogen-bond acceptors (Lipinski definition) is 6. The molecule has 0 radical (unpaired) electrons. The van der Waals surface area contributed by atoms with E-state index in [1.54, 1.807) is 6.92 Å². The van der Waals surface area contributed by atoms with E-state index < -0.39 is 0 Å². The van der Waals surface area contributed by atoms with E-state index in [9.17, 15) is 5.11 Å². The summed E-state index contributed by atoms with van der Waals surface area (Å²) in [5.74, 6) is 1.94. The van der Waals surface area contributed by atoms with Gasteiger partial charge in [-0.25, -0.2) is 4.98 Å². The fraction of sp³-hybridized carbons (Fsp3) is 0.583. The van der Waals surface area contributed by atoms with Gasteiger partial charge in [0.2, 0.25) is 11.7 Å². The number of rotatable bonds is 2. The minimum atomic E-state index is -0.179. The number of aliphatic hydroxyl groups is 1. The Morgan fingerprint density at radius 1 is 1.22 bits per heavy atom. The molecule has 0 aliphatic heterocycles. The first-order chi connectivity index (χ1) is 8.72. The van der Waals surface area contributed by atoms with E-state index in [0.717, 1.165) is 25.7 Å². The average Bonchev–Trinajstić information content (AvgIpc) is 2.98. The molecule has 0 amide bonds. The van der Waals surface area contributed by atoms with Crippen LogP contribution in [-0.4, -0.2) is 26.3 Å². The lowest BCUT2D eigenvalue weighted by molar-refractivity contribution is 0.116. The van der Waals surface area contributed by atoms with Crippen molar-refractivity contribution in [3.05, 3.63) is 18.0 Å². The third-order valence-corrected chi connectivity index (χ3v) is 3.34. The number of hydrogen-bond donors (Lipinski definition) is 1. The van der Waals surface area contributed by atoms with Crippen LogP contribution in [-0.2, 0) is 0 Å². The Bertz CT molecular complexity index is 526. The summed E-state index contributed by atoms with van der Waals surface area (Å²) in [6.07, 6.45) is 4.72. The molecule has 0 atom stereocenters. The second kappa shape index (κ2) is 4.53. The fourth-order valence-electron chi connectivity index (χ4n) is 2.29. The van der Waals surface area contributed by atoms with Crippen LogP contribution in [0.15, 0.2) is 15.2 Å². The molecule has 3 rings (SSSR count). The van der Waals surface area contributed by atoms with Crippen molar-refractivity contribution in [1.82, 2.24) is 15.1 Å². The monoisotopic (exact) mass is 249 g/mol. The predicted molar refractivity (Wildman–Crippen MR) is 61.7 cm³/mol. The molecule has 0 aromatic carbocycles. The zero-order valence-electron chi connectivity index (χ0n) is 10.2. The maximum absolute atomic E-state index is 9.47. The summed E-state index contributed by atoms with van der Waals surface area (Å²) in [7, 11) is 0. The molecule has 2 aromatic rings. The number of oxazole rings is 1. The summed E-state index contributed by atoms with van der Waals surface area (Å²) in [5, 5.41) is 13.4. The molecule has 1 N–H and O–H groups in total. The first-order valence-electron chi connectivity index (χ1n) is 6.16. The average molecular weight is 249 g/mol. The molecule has 1 aliphatic rings. The van der Waals surface area contributed by atoms with Gasteiger partial charge in [0.15, 0.2) is 5.89 Å². The number of nitrogens with zero attached hydrogens (tertiary/aromatic N) is 3. The topological polar surface area (TPSA) is 85.2 Å². The van der Waals surface area contributed by atoms with Crippen molar-refractivity contribution in [2.45, 2.75) is 44.6 Å². The third-order valence-electron chi connectivity index (χ3n) is 3.34. The van der Waals surface area contributed by atoms with Crippen LogP contribution >= 0.6 is 0 Å². The zero-order valence-corrected chi connectivity index (χ0v) is 10.2. The van der Waals surface area contributed by atoms with Gasteiger partial charge in [-0.3, -0.25) is 0 Å². The lowest BCUT2D eigenvalue weighted by Gasteiger charge is -2.22. The van der Waals surface area contributed by atoms with Crippen LogP contribution in [0.5, 0.6) is 0 Å². The van der Waals surface area contributed by atoms with Crippen LogP contribution in [0.3, 0.4) is 0 Å². The highest BCUT2D eigenvalue weighted by atomic mass is 16.5. The van der Waals surface area contributed by atoms with Gasteiger partial charge >= 0.3 is 0 Å². The van der Waals surface area contributed by atoms with Crippen LogP contribution in [0.1, 0.15) is 43.4 Å². The first kappa shape index (κ1) is 11.4. The smallest absolute Gasteiger partial charge is 0.230 e. The first-order valence-corrected chi connectivity index (χ1v) is 6.16. The van der Waals surface area contributed by atoms with Crippen molar-refractivity contribution in [3.8, 4) is 11.5 Å². The van der Waals surface area contributed by atoms with Gasteiger partial charge in [0.05, 0.1) is 6.10 Å². The molecule has 96 valence electrons. The molecule has 0 spiro atoms. The Labute approximate surface area is 104 Å². The Hall–Kier alpha value is -1.69. The van der Waals surface area contributed by atoms with Crippen LogP contribution in [0, 0.1) is 6.92 Å². The number of aryl methyl sites for hydroxylation is 1. The van der Waals surface area contributed by atoms with Gasteiger partial charge in [0.25, 0.3) is 0 Å². The molecule has 1 aliphatic carbocycles. The second-order valence-corrected chi connectivity index (χ2v) is 4.71. The van der Waals surface area contributed by atoms with Gasteiger partial charge in [-0.2, -0.15) is 4.98 Å². The molecule has 6 heteroatoms. The molecular weight excluding hydrogens is 234 g/mol. The van der Waals surface area contributed by atoms with E-state index in [4.69, 9.17) is 8.94 Å². The summed E-state index contributed by atoms with van der Waals surface area (Å²) in [6, 6.07) is 0. The maximum Gasteiger partial charge on any atom is 0.230 e. The maximum atomic E-state index is 9.47. The lowest BCUT2D eigenvalue weighted by atomic mass is 9.87. The number of aliphatic hydroxyl groups excluding tert-OH is 1. The van der Waals surface area contributed by atoms with Crippen molar-refractivity contribution >= 4 is 0 Å². The standard InChI is InChI=1S/C12H15N3O3/c1-7-13-10(6-17-7)11-14-12(18-15-11)8-2-4-9(16)5-3-8/h6,8-9,16H,2-5H2,1H3. The predicted octanol–water partition coefficient (Wildman–Crippen LogP) is 2.05. The van der Waals surface area contributed by atoms with E-state index in [1.807, 2.05) is 0 Å². The highest BCUT2D eigenvalue weighted by molar-refractivity contribution is 5.45. The molecule has 0 bridgehead atoms. The zero-order chi connectivity index (χ0) is 12.5. The van der Waals surface area contributed by atoms with Crippen molar-refractivity contribution in [3.63, 3.8) is 0 Å². The van der Waals surface area contributed by atoms with E-state index in [2.05, 4.69) is 15.1 Å². The summed E-state index contributed by atoms with van der Waals surface area (Å²) < 4.78 is 10.4. The quantitative estimate of drug-likeness (QED) is 0.876. The molecule has 2 aromatic heterocycles. The Balaban J connectivity index is 1.77. The summed E-state index contributed by atoms with van der Waals surface area (Å²) in [6.45, 7) is 1.77. The van der Waals surface area contributed by atoms with Crippen molar-refractivity contribution in [2.75, 3.05) is 0 Å². The molecule has 0 saturated heterocycles. The van der Waals surface area contributed by atoms with Crippen molar-refractivity contribution in [2.24, 2.45) is 0 Å². The number of aromatic nitrogens is 3. The second-order valence-electron chi connectivity index (χ2n) is 4.71. The van der Waals surface area contributed by atoms with E-state index in [-0.39, 0.29) is 12.0 Å². The SMILES string of the molecule is Cc1nc(-c2noc(C3CCC(O)CC3)n2)co1. The van der Waals surface area contributed by atoms with Gasteiger partial charge in [-0.05, 0) is 25.7 Å². The van der Waals surface area contributed by atoms with E-state index >= 15 is 0 Å². The molecular formula is C12H15N3O3. The normalized spacial score (nSPS) is 24.3. The summed E-state index contributed by atoms with van der Waals surface area (Å²) in [4.78, 5) is 8.52. The summed E-state index contributed by atoms with van der Waals surface area (Å²) >= 11 is 0. The fourth-order valence-corrected chi connectivity index (χ4v) is 2.29. The van der Waals surface area contributed by atoms with Crippen LogP contribution in [0.25, 0.3) is 11.5 Å². The molecule has 6 nitrogen and oxygen atoms in total. The van der Waals surface area contributed by atoms with Gasteiger partial charge in [-0.1, -0.05) is 5.16 Å². The van der Waals surface area contributed by atoms with Gasteiger partial charge in [-0.15, -0.1) is 0 Å². The van der Waals surface area contributed by atoms with Gasteiger partial charge in [0.1, 0.15) is 12.0 Å². The lowest BCUT2D eigenvalue weighted by Crippen LogP contribution is -2.17. The largest absolute Gasteiger partial charge is 0.449 e. The van der Waals surface area contributed by atoms with Crippen molar-refractivity contribution < 1.29 is 14.0 Å². The Morgan fingerprint density at radius 3 is 2.67 bits per heavy atom. The molecule has 2 heterocycles. The van der Waals surface area contributed by atoms with Crippen LogP contribution in [0.2, 0.25) is 0 Å². The van der Waals surface area contributed by atoms with E-state index in [1.165, 1.54) is 6.26 Å². The van der Waals surface area contributed by atoms with E-state index in [0.29, 0.717) is 23.3 Å². The third kappa shape index (κ3) is 2.15. The Kier molecular flexibility index (Phi) is 2.87. The highest BCUT2D eigenvalue weighted by Crippen LogP contribution is 2.32. The molecule has 18 heavy (non-hydrogen) atoms. The Morgan fingerprint density at radius 2 is 2.00 bits per heavy atom. The van der Waals surface area contributed by atoms with Crippen molar-refractivity contribution in [1.29, 1.82) is 0 Å². The minimum absolute atomic E-state index is 0.179. The molecule has 0 unspecified atom stereocenters. The highest BCUT2D eigenvalue weighted by Gasteiger charge is 2.26. The van der Waals surface area contributed by atoms with Gasteiger partial charge < -0.3 is 14.0 Å². The molecule has 1 saturated carbocycles. The van der Waals surface area contributed by atoms with Crippen LogP contribution < -0.4 is 0 Å². The van der Waals surface area contributed by atoms with Crippen LogP contribution in [0.4, 0.5) is 0 Å². The molecule has 1 fully saturated rings.